The zero-order valence-electron chi connectivity index (χ0n) is 11.3. The number of carbonyl (C=O) groups excluding carboxylic acids is 1. The molecule has 0 spiro atoms. The van der Waals surface area contributed by atoms with Crippen LogP contribution >= 0.6 is 11.3 Å². The fourth-order valence-corrected chi connectivity index (χ4v) is 2.77. The number of amides is 1. The van der Waals surface area contributed by atoms with Crippen LogP contribution in [0.15, 0.2) is 6.20 Å². The van der Waals surface area contributed by atoms with E-state index in [-0.39, 0.29) is 6.54 Å². The normalized spacial score (nSPS) is 23.7. The van der Waals surface area contributed by atoms with E-state index in [0.29, 0.717) is 23.0 Å². The second kappa shape index (κ2) is 4.64. The molecule has 1 saturated heterocycles. The molecule has 1 fully saturated rings. The third-order valence-corrected chi connectivity index (χ3v) is 3.90. The second-order valence-electron chi connectivity index (χ2n) is 5.75. The number of nitrogens with zero attached hydrogens (tertiary/aromatic N) is 2. The van der Waals surface area contributed by atoms with E-state index in [0.717, 1.165) is 0 Å². The first kappa shape index (κ1) is 14.1. The van der Waals surface area contributed by atoms with Gasteiger partial charge in [0.1, 0.15) is 11.2 Å². The topological polar surface area (TPSA) is 88.7 Å². The highest BCUT2D eigenvalue weighted by Gasteiger charge is 2.42. The van der Waals surface area contributed by atoms with Crippen LogP contribution < -0.4 is 5.73 Å². The van der Waals surface area contributed by atoms with E-state index in [1.54, 1.807) is 6.20 Å². The van der Waals surface area contributed by atoms with E-state index in [1.807, 2.05) is 20.8 Å². The van der Waals surface area contributed by atoms with Gasteiger partial charge in [0, 0.05) is 19.2 Å². The van der Waals surface area contributed by atoms with Gasteiger partial charge in [-0.25, -0.2) is 9.78 Å². The number of aromatic nitrogens is 1. The highest BCUT2D eigenvalue weighted by Crippen LogP contribution is 2.36. The number of rotatable bonds is 1. The highest BCUT2D eigenvalue weighted by atomic mass is 32.1. The van der Waals surface area contributed by atoms with Crippen molar-refractivity contribution in [2.45, 2.75) is 38.4 Å². The maximum Gasteiger partial charge on any atom is 0.410 e. The summed E-state index contributed by atoms with van der Waals surface area (Å²) in [5.41, 5.74) is 3.98. The molecule has 1 unspecified atom stereocenters. The minimum atomic E-state index is -1.06. The molecule has 0 saturated carbocycles. The molecule has 0 radical (unpaired) electrons. The first-order valence-corrected chi connectivity index (χ1v) is 6.93. The van der Waals surface area contributed by atoms with E-state index >= 15 is 0 Å². The standard InChI is InChI=1S/C12H19N3O3S/c1-11(2,3)18-10(16)15-5-4-12(17,7-15)8-6-14-9(13)19-8/h6,17H,4-5,7H2,1-3H3,(H2,13,14). The maximum absolute atomic E-state index is 11.9. The molecule has 0 aliphatic carbocycles. The quantitative estimate of drug-likeness (QED) is 0.817. The Hall–Kier alpha value is -1.34. The number of nitrogens with two attached hydrogens (primary N) is 1. The molecule has 0 bridgehead atoms. The number of ether oxygens (including phenoxy) is 1. The minimum absolute atomic E-state index is 0.212. The number of hydrogen-bond acceptors (Lipinski definition) is 6. The minimum Gasteiger partial charge on any atom is -0.444 e. The van der Waals surface area contributed by atoms with Crippen LogP contribution in [-0.4, -0.2) is 39.8 Å². The summed E-state index contributed by atoms with van der Waals surface area (Å²) in [5, 5.41) is 11.0. The summed E-state index contributed by atoms with van der Waals surface area (Å²) in [6.45, 7) is 6.12. The Bertz CT molecular complexity index is 483. The molecule has 1 aliphatic heterocycles. The molecule has 106 valence electrons. The molecule has 19 heavy (non-hydrogen) atoms. The predicted molar refractivity (Wildman–Crippen MR) is 72.8 cm³/mol. The molecule has 1 atom stereocenters. The Balaban J connectivity index is 2.05. The summed E-state index contributed by atoms with van der Waals surface area (Å²) in [6.07, 6.45) is 1.63. The van der Waals surface area contributed by atoms with Crippen LogP contribution in [0.3, 0.4) is 0 Å². The second-order valence-corrected chi connectivity index (χ2v) is 6.81. The number of anilines is 1. The third-order valence-electron chi connectivity index (χ3n) is 2.88. The van der Waals surface area contributed by atoms with Gasteiger partial charge < -0.3 is 20.5 Å². The number of aliphatic hydroxyl groups is 1. The van der Waals surface area contributed by atoms with Crippen LogP contribution in [0, 0.1) is 0 Å². The Morgan fingerprint density at radius 1 is 1.63 bits per heavy atom. The summed E-state index contributed by atoms with van der Waals surface area (Å²) < 4.78 is 5.30. The van der Waals surface area contributed by atoms with Crippen molar-refractivity contribution in [3.8, 4) is 0 Å². The number of hydrogen-bond donors (Lipinski definition) is 2. The average molecular weight is 285 g/mol. The molecule has 6 nitrogen and oxygen atoms in total. The first-order valence-electron chi connectivity index (χ1n) is 6.12. The van der Waals surface area contributed by atoms with Crippen molar-refractivity contribution in [3.63, 3.8) is 0 Å². The van der Waals surface area contributed by atoms with Gasteiger partial charge in [0.15, 0.2) is 5.13 Å². The lowest BCUT2D eigenvalue weighted by Crippen LogP contribution is -2.37. The molecular weight excluding hydrogens is 266 g/mol. The summed E-state index contributed by atoms with van der Waals surface area (Å²) in [4.78, 5) is 18.1. The van der Waals surface area contributed by atoms with Crippen LogP contribution in [0.2, 0.25) is 0 Å². The highest BCUT2D eigenvalue weighted by molar-refractivity contribution is 7.15. The monoisotopic (exact) mass is 285 g/mol. The van der Waals surface area contributed by atoms with Gasteiger partial charge in [0.05, 0.1) is 11.4 Å². The van der Waals surface area contributed by atoms with Gasteiger partial charge in [-0.1, -0.05) is 11.3 Å². The first-order chi connectivity index (χ1) is 8.70. The lowest BCUT2D eigenvalue weighted by atomic mass is 10.0. The predicted octanol–water partition coefficient (Wildman–Crippen LogP) is 1.55. The van der Waals surface area contributed by atoms with Crippen LogP contribution in [0.25, 0.3) is 0 Å². The lowest BCUT2D eigenvalue weighted by molar-refractivity contribution is 0.0150. The molecule has 2 heterocycles. The van der Waals surface area contributed by atoms with Crippen molar-refractivity contribution in [3.05, 3.63) is 11.1 Å². The largest absolute Gasteiger partial charge is 0.444 e. The van der Waals surface area contributed by atoms with Crippen LogP contribution in [0.4, 0.5) is 9.93 Å². The van der Waals surface area contributed by atoms with Gasteiger partial charge in [-0.3, -0.25) is 0 Å². The van der Waals surface area contributed by atoms with Crippen molar-refractivity contribution in [1.82, 2.24) is 9.88 Å². The van der Waals surface area contributed by atoms with E-state index in [2.05, 4.69) is 4.98 Å². The zero-order chi connectivity index (χ0) is 14.3. The fourth-order valence-electron chi connectivity index (χ4n) is 1.98. The number of β-amino-alcohol motifs (C(OH)–C–C–N with tert-alkyl or cyclic N) is 1. The summed E-state index contributed by atoms with van der Waals surface area (Å²) >= 11 is 1.25. The number of nitrogen functional groups attached to an aromatic ring is 1. The average Bonchev–Trinajstić information content (AvgIpc) is 2.83. The molecule has 1 aromatic rings. The maximum atomic E-state index is 11.9. The van der Waals surface area contributed by atoms with Crippen LogP contribution in [0.5, 0.6) is 0 Å². The van der Waals surface area contributed by atoms with E-state index in [9.17, 15) is 9.90 Å². The smallest absolute Gasteiger partial charge is 0.410 e. The molecule has 1 aromatic heterocycles. The number of thiazole rings is 1. The van der Waals surface area contributed by atoms with E-state index in [1.165, 1.54) is 16.2 Å². The number of carbonyl (C=O) groups is 1. The Labute approximate surface area is 116 Å². The van der Waals surface area contributed by atoms with Gasteiger partial charge in [-0.05, 0) is 20.8 Å². The van der Waals surface area contributed by atoms with Crippen molar-refractivity contribution in [2.75, 3.05) is 18.8 Å². The van der Waals surface area contributed by atoms with Crippen molar-refractivity contribution in [2.24, 2.45) is 0 Å². The Morgan fingerprint density at radius 2 is 2.32 bits per heavy atom. The summed E-state index contributed by atoms with van der Waals surface area (Å²) in [5.74, 6) is 0. The van der Waals surface area contributed by atoms with Crippen molar-refractivity contribution >= 4 is 22.6 Å². The van der Waals surface area contributed by atoms with Gasteiger partial charge in [-0.15, -0.1) is 0 Å². The van der Waals surface area contributed by atoms with Crippen LogP contribution in [0.1, 0.15) is 32.1 Å². The molecule has 2 rings (SSSR count). The van der Waals surface area contributed by atoms with E-state index in [4.69, 9.17) is 10.5 Å². The van der Waals surface area contributed by atoms with Crippen LogP contribution in [-0.2, 0) is 10.3 Å². The lowest BCUT2D eigenvalue weighted by Gasteiger charge is -2.25. The van der Waals surface area contributed by atoms with Gasteiger partial charge in [0.25, 0.3) is 0 Å². The van der Waals surface area contributed by atoms with Crippen molar-refractivity contribution in [1.29, 1.82) is 0 Å². The summed E-state index contributed by atoms with van der Waals surface area (Å²) in [6, 6.07) is 0. The molecule has 1 aliphatic rings. The summed E-state index contributed by atoms with van der Waals surface area (Å²) in [7, 11) is 0. The molecule has 0 aromatic carbocycles. The van der Waals surface area contributed by atoms with Gasteiger partial charge in [0.2, 0.25) is 0 Å². The van der Waals surface area contributed by atoms with E-state index < -0.39 is 17.3 Å². The number of likely N-dealkylation sites (tertiary alicyclic amines) is 1. The SMILES string of the molecule is CC(C)(C)OC(=O)N1CCC(O)(c2cnc(N)s2)C1. The Morgan fingerprint density at radius 3 is 2.84 bits per heavy atom. The van der Waals surface area contributed by atoms with Gasteiger partial charge >= 0.3 is 6.09 Å². The molecule has 1 amide bonds. The molecular formula is C12H19N3O3S. The van der Waals surface area contributed by atoms with Gasteiger partial charge in [-0.2, -0.15) is 0 Å². The Kier molecular flexibility index (Phi) is 3.44. The zero-order valence-corrected chi connectivity index (χ0v) is 12.2. The van der Waals surface area contributed by atoms with Crippen molar-refractivity contribution < 1.29 is 14.6 Å². The molecule has 3 N–H and O–H groups in total. The molecule has 7 heteroatoms. The fraction of sp³-hybridized carbons (Fsp3) is 0.667. The third kappa shape index (κ3) is 3.16.